The second kappa shape index (κ2) is 4.91. The zero-order valence-corrected chi connectivity index (χ0v) is 8.84. The van der Waals surface area contributed by atoms with E-state index in [0.29, 0.717) is 0 Å². The Morgan fingerprint density at radius 1 is 1.33 bits per heavy atom. The Kier molecular flexibility index (Phi) is 4.13. The van der Waals surface area contributed by atoms with Crippen molar-refractivity contribution in [2.45, 2.75) is 58.7 Å². The van der Waals surface area contributed by atoms with E-state index in [2.05, 4.69) is 25.6 Å². The molecular weight excluding hydrogens is 145 g/mol. The number of nitrogens with zero attached hydrogens (tertiary/aromatic N) is 1. The van der Waals surface area contributed by atoms with E-state index in [4.69, 9.17) is 0 Å². The van der Waals surface area contributed by atoms with Crippen molar-refractivity contribution in [1.29, 1.82) is 0 Å². The van der Waals surface area contributed by atoms with Crippen LogP contribution in [0.3, 0.4) is 0 Å². The number of hydrogen-bond donors (Lipinski definition) is 0. The lowest BCUT2D eigenvalue weighted by Gasteiger charge is -2.36. The SMILES string of the molecule is CCCB1CCCCN1C(C)C. The highest BCUT2D eigenvalue weighted by atomic mass is 15.1. The normalized spacial score (nSPS) is 20.5. The molecule has 1 fully saturated rings. The van der Waals surface area contributed by atoms with Gasteiger partial charge in [0.15, 0.2) is 0 Å². The molecule has 0 bridgehead atoms. The van der Waals surface area contributed by atoms with Crippen LogP contribution < -0.4 is 0 Å². The highest BCUT2D eigenvalue weighted by molar-refractivity contribution is 6.56. The molecular formula is C10H22BN. The summed E-state index contributed by atoms with van der Waals surface area (Å²) in [6.07, 6.45) is 7.05. The summed E-state index contributed by atoms with van der Waals surface area (Å²) in [7, 11) is 0. The Balaban J connectivity index is 2.42. The summed E-state index contributed by atoms with van der Waals surface area (Å²) in [5, 5.41) is 0. The summed E-state index contributed by atoms with van der Waals surface area (Å²) in [6, 6.07) is 0.752. The van der Waals surface area contributed by atoms with E-state index in [1.165, 1.54) is 38.4 Å². The molecule has 0 amide bonds. The van der Waals surface area contributed by atoms with Crippen molar-refractivity contribution in [3.8, 4) is 0 Å². The quantitative estimate of drug-likeness (QED) is 0.584. The number of rotatable bonds is 3. The third-order valence-electron chi connectivity index (χ3n) is 2.96. The zero-order valence-electron chi connectivity index (χ0n) is 8.84. The zero-order chi connectivity index (χ0) is 8.97. The molecule has 0 atom stereocenters. The molecule has 1 aliphatic rings. The van der Waals surface area contributed by atoms with E-state index < -0.39 is 0 Å². The van der Waals surface area contributed by atoms with E-state index in [-0.39, 0.29) is 0 Å². The standard InChI is InChI=1S/C10H22BN/c1-4-7-11-8-5-6-9-12(11)10(2)3/h10H,4-9H2,1-3H3. The highest BCUT2D eigenvalue weighted by Gasteiger charge is 2.26. The van der Waals surface area contributed by atoms with Gasteiger partial charge in [0.2, 0.25) is 6.85 Å². The molecule has 0 aromatic carbocycles. The van der Waals surface area contributed by atoms with Crippen molar-refractivity contribution in [2.24, 2.45) is 0 Å². The van der Waals surface area contributed by atoms with Crippen molar-refractivity contribution >= 4 is 6.85 Å². The largest absolute Gasteiger partial charge is 0.340 e. The van der Waals surface area contributed by atoms with E-state index in [1.54, 1.807) is 0 Å². The van der Waals surface area contributed by atoms with E-state index in [1.807, 2.05) is 0 Å². The van der Waals surface area contributed by atoms with Crippen LogP contribution in [0.4, 0.5) is 0 Å². The van der Waals surface area contributed by atoms with Gasteiger partial charge in [-0.05, 0) is 19.0 Å². The third kappa shape index (κ3) is 2.51. The van der Waals surface area contributed by atoms with Gasteiger partial charge in [-0.25, -0.2) is 0 Å². The molecule has 0 spiro atoms. The van der Waals surface area contributed by atoms with Crippen LogP contribution in [-0.4, -0.2) is 24.2 Å². The fraction of sp³-hybridized carbons (Fsp3) is 1.00. The smallest absolute Gasteiger partial charge is 0.223 e. The first-order valence-corrected chi connectivity index (χ1v) is 5.51. The van der Waals surface area contributed by atoms with Gasteiger partial charge in [-0.1, -0.05) is 46.3 Å². The molecule has 0 aromatic heterocycles. The second-order valence-corrected chi connectivity index (χ2v) is 4.27. The lowest BCUT2D eigenvalue weighted by atomic mass is 9.50. The Morgan fingerprint density at radius 2 is 2.08 bits per heavy atom. The molecule has 0 aromatic rings. The maximum Gasteiger partial charge on any atom is 0.223 e. The van der Waals surface area contributed by atoms with Crippen LogP contribution in [0.1, 0.15) is 40.0 Å². The third-order valence-corrected chi connectivity index (χ3v) is 2.96. The minimum atomic E-state index is 0.752. The van der Waals surface area contributed by atoms with Gasteiger partial charge >= 0.3 is 0 Å². The summed E-state index contributed by atoms with van der Waals surface area (Å²) in [6.45, 7) is 9.18. The average molecular weight is 167 g/mol. The molecule has 1 aliphatic heterocycles. The summed E-state index contributed by atoms with van der Waals surface area (Å²) < 4.78 is 0. The molecule has 1 heterocycles. The summed E-state index contributed by atoms with van der Waals surface area (Å²) in [4.78, 5) is 2.69. The van der Waals surface area contributed by atoms with Crippen molar-refractivity contribution in [1.82, 2.24) is 4.81 Å². The molecule has 0 aliphatic carbocycles. The van der Waals surface area contributed by atoms with E-state index in [0.717, 1.165) is 12.9 Å². The predicted octanol–water partition coefficient (Wildman–Crippen LogP) is 2.89. The van der Waals surface area contributed by atoms with Crippen LogP contribution in [0.5, 0.6) is 0 Å². The molecule has 1 saturated heterocycles. The first-order chi connectivity index (χ1) is 5.75. The molecule has 0 radical (unpaired) electrons. The van der Waals surface area contributed by atoms with Crippen molar-refractivity contribution < 1.29 is 0 Å². The molecule has 0 unspecified atom stereocenters. The first-order valence-electron chi connectivity index (χ1n) is 5.51. The van der Waals surface area contributed by atoms with Crippen LogP contribution in [0, 0.1) is 0 Å². The lowest BCUT2D eigenvalue weighted by Crippen LogP contribution is -2.46. The fourth-order valence-corrected chi connectivity index (χ4v) is 2.35. The van der Waals surface area contributed by atoms with E-state index >= 15 is 0 Å². The van der Waals surface area contributed by atoms with Crippen LogP contribution >= 0.6 is 0 Å². The highest BCUT2D eigenvalue weighted by Crippen LogP contribution is 2.20. The van der Waals surface area contributed by atoms with Crippen molar-refractivity contribution in [3.63, 3.8) is 0 Å². The van der Waals surface area contributed by atoms with Gasteiger partial charge < -0.3 is 4.81 Å². The molecule has 1 nitrogen and oxygen atoms in total. The Morgan fingerprint density at radius 3 is 2.67 bits per heavy atom. The average Bonchev–Trinajstić information content (AvgIpc) is 2.05. The minimum absolute atomic E-state index is 0.752. The van der Waals surface area contributed by atoms with Gasteiger partial charge in [-0.3, -0.25) is 0 Å². The molecule has 12 heavy (non-hydrogen) atoms. The van der Waals surface area contributed by atoms with Crippen LogP contribution in [0.25, 0.3) is 0 Å². The maximum atomic E-state index is 2.69. The molecule has 1 rings (SSSR count). The molecule has 0 saturated carbocycles. The lowest BCUT2D eigenvalue weighted by molar-refractivity contribution is 0.333. The maximum absolute atomic E-state index is 2.69. The Bertz CT molecular complexity index is 123. The summed E-state index contributed by atoms with van der Waals surface area (Å²) >= 11 is 0. The Hall–Kier alpha value is 0.0249. The second-order valence-electron chi connectivity index (χ2n) is 4.27. The Labute approximate surface area is 77.6 Å². The van der Waals surface area contributed by atoms with Crippen LogP contribution in [0.2, 0.25) is 12.6 Å². The van der Waals surface area contributed by atoms with Crippen LogP contribution in [0.15, 0.2) is 0 Å². The summed E-state index contributed by atoms with van der Waals surface area (Å²) in [5.41, 5.74) is 0. The van der Waals surface area contributed by atoms with Gasteiger partial charge in [0.1, 0.15) is 0 Å². The van der Waals surface area contributed by atoms with Gasteiger partial charge in [-0.15, -0.1) is 0 Å². The van der Waals surface area contributed by atoms with Crippen LogP contribution in [-0.2, 0) is 0 Å². The molecule has 2 heteroatoms. The van der Waals surface area contributed by atoms with Gasteiger partial charge in [0.05, 0.1) is 0 Å². The van der Waals surface area contributed by atoms with E-state index in [9.17, 15) is 0 Å². The van der Waals surface area contributed by atoms with Gasteiger partial charge in [0, 0.05) is 0 Å². The summed E-state index contributed by atoms with van der Waals surface area (Å²) in [5.74, 6) is 0. The molecule has 0 N–H and O–H groups in total. The fourth-order valence-electron chi connectivity index (χ4n) is 2.35. The van der Waals surface area contributed by atoms with Crippen molar-refractivity contribution in [3.05, 3.63) is 0 Å². The monoisotopic (exact) mass is 167 g/mol. The van der Waals surface area contributed by atoms with Crippen molar-refractivity contribution in [2.75, 3.05) is 6.54 Å². The number of hydrogen-bond acceptors (Lipinski definition) is 1. The molecule has 70 valence electrons. The van der Waals surface area contributed by atoms with Gasteiger partial charge in [0.25, 0.3) is 0 Å². The first kappa shape index (κ1) is 10.1. The van der Waals surface area contributed by atoms with Gasteiger partial charge in [-0.2, -0.15) is 0 Å². The minimum Gasteiger partial charge on any atom is -0.340 e. The predicted molar refractivity (Wildman–Crippen MR) is 56.7 cm³/mol. The topological polar surface area (TPSA) is 3.24 Å².